The van der Waals surface area contributed by atoms with Gasteiger partial charge in [0.05, 0.1) is 6.04 Å². The second-order valence-electron chi connectivity index (χ2n) is 4.83. The molecule has 0 bridgehead atoms. The van der Waals surface area contributed by atoms with Gasteiger partial charge < -0.3 is 9.73 Å². The summed E-state index contributed by atoms with van der Waals surface area (Å²) in [7, 11) is 0. The summed E-state index contributed by atoms with van der Waals surface area (Å²) in [5, 5.41) is 11.4. The van der Waals surface area contributed by atoms with Crippen LogP contribution in [0.5, 0.6) is 0 Å². The molecule has 18 heavy (non-hydrogen) atoms. The largest absolute Gasteiger partial charge is 0.424 e. The third-order valence-electron chi connectivity index (χ3n) is 3.11. The smallest absolute Gasteiger partial charge is 0.233 e. The maximum atomic E-state index is 5.64. The Morgan fingerprint density at radius 2 is 1.78 bits per heavy atom. The van der Waals surface area contributed by atoms with Crippen molar-refractivity contribution in [3.8, 4) is 0 Å². The fourth-order valence-electron chi connectivity index (χ4n) is 1.99. The fraction of sp³-hybridized carbons (Fsp3) is 0.857. The van der Waals surface area contributed by atoms with Crippen LogP contribution in [0.4, 0.5) is 0 Å². The monoisotopic (exact) mass is 253 g/mol. The molecular weight excluding hydrogens is 226 g/mol. The highest BCUT2D eigenvalue weighted by Crippen LogP contribution is 2.13. The van der Waals surface area contributed by atoms with E-state index in [2.05, 4.69) is 29.4 Å². The summed E-state index contributed by atoms with van der Waals surface area (Å²) in [6, 6.07) is 0.154. The molecule has 0 aliphatic rings. The minimum atomic E-state index is 0.154. The Kier molecular flexibility index (Phi) is 7.65. The molecule has 0 spiro atoms. The van der Waals surface area contributed by atoms with Crippen LogP contribution in [-0.2, 0) is 6.42 Å². The lowest BCUT2D eigenvalue weighted by Crippen LogP contribution is -2.17. The van der Waals surface area contributed by atoms with Crippen molar-refractivity contribution in [1.29, 1.82) is 0 Å². The van der Waals surface area contributed by atoms with Gasteiger partial charge in [-0.2, -0.15) is 0 Å². The molecule has 1 rings (SSSR count). The van der Waals surface area contributed by atoms with Gasteiger partial charge in [-0.05, 0) is 19.9 Å². The van der Waals surface area contributed by atoms with Gasteiger partial charge in [0.25, 0.3) is 0 Å². The number of rotatable bonds is 10. The lowest BCUT2D eigenvalue weighted by molar-refractivity contribution is 0.392. The van der Waals surface area contributed by atoms with Gasteiger partial charge in [-0.1, -0.05) is 46.0 Å². The van der Waals surface area contributed by atoms with E-state index in [1.165, 1.54) is 32.1 Å². The first-order valence-electron chi connectivity index (χ1n) is 7.33. The normalized spacial score (nSPS) is 12.8. The molecule has 4 heteroatoms. The number of hydrogen-bond donors (Lipinski definition) is 1. The van der Waals surface area contributed by atoms with Gasteiger partial charge >= 0.3 is 0 Å². The minimum absolute atomic E-state index is 0.154. The molecule has 1 aromatic rings. The van der Waals surface area contributed by atoms with Gasteiger partial charge in [0.2, 0.25) is 11.8 Å². The fourth-order valence-corrected chi connectivity index (χ4v) is 1.99. The molecule has 1 aromatic heterocycles. The molecule has 0 saturated heterocycles. The number of nitrogens with one attached hydrogen (secondary N) is 1. The molecular formula is C14H27N3O. The minimum Gasteiger partial charge on any atom is -0.424 e. The molecule has 0 radical (unpaired) electrons. The summed E-state index contributed by atoms with van der Waals surface area (Å²) in [6.45, 7) is 7.28. The summed E-state index contributed by atoms with van der Waals surface area (Å²) in [6.07, 6.45) is 8.66. The maximum Gasteiger partial charge on any atom is 0.233 e. The molecule has 0 saturated carbocycles. The van der Waals surface area contributed by atoms with E-state index in [0.717, 1.165) is 25.3 Å². The summed E-state index contributed by atoms with van der Waals surface area (Å²) in [5.74, 6) is 1.49. The number of nitrogens with zero attached hydrogens (tertiary/aromatic N) is 2. The first-order chi connectivity index (χ1) is 8.77. The Morgan fingerprint density at radius 1 is 1.06 bits per heavy atom. The Balaban J connectivity index is 2.19. The van der Waals surface area contributed by atoms with Crippen LogP contribution in [0.3, 0.4) is 0 Å². The number of aryl methyl sites for hydroxylation is 1. The molecule has 4 nitrogen and oxygen atoms in total. The van der Waals surface area contributed by atoms with E-state index in [0.29, 0.717) is 5.89 Å². The number of unbranched alkanes of at least 4 members (excludes halogenated alkanes) is 5. The quantitative estimate of drug-likeness (QED) is 0.647. The van der Waals surface area contributed by atoms with Gasteiger partial charge in [0.15, 0.2) is 0 Å². The Hall–Kier alpha value is -0.900. The van der Waals surface area contributed by atoms with E-state index < -0.39 is 0 Å². The zero-order valence-electron chi connectivity index (χ0n) is 12.0. The van der Waals surface area contributed by atoms with E-state index in [-0.39, 0.29) is 6.04 Å². The standard InChI is InChI=1S/C14H27N3O/c1-4-6-7-8-9-10-11-13-16-17-14(18-13)12(3)15-5-2/h12,15H,4-11H2,1-3H3. The van der Waals surface area contributed by atoms with Crippen molar-refractivity contribution in [1.82, 2.24) is 15.5 Å². The van der Waals surface area contributed by atoms with Gasteiger partial charge in [-0.3, -0.25) is 0 Å². The lowest BCUT2D eigenvalue weighted by atomic mass is 10.1. The number of aromatic nitrogens is 2. The molecule has 0 amide bonds. The van der Waals surface area contributed by atoms with Crippen molar-refractivity contribution >= 4 is 0 Å². The van der Waals surface area contributed by atoms with Gasteiger partial charge in [-0.25, -0.2) is 0 Å². The molecule has 1 unspecified atom stereocenters. The summed E-state index contributed by atoms with van der Waals surface area (Å²) in [5.41, 5.74) is 0. The van der Waals surface area contributed by atoms with Crippen molar-refractivity contribution in [3.63, 3.8) is 0 Å². The molecule has 0 fully saturated rings. The lowest BCUT2D eigenvalue weighted by Gasteiger charge is -2.05. The Bertz CT molecular complexity index is 312. The van der Waals surface area contributed by atoms with Crippen LogP contribution in [0.15, 0.2) is 4.42 Å². The molecule has 0 aliphatic heterocycles. The SMILES string of the molecule is CCCCCCCCc1nnc(C(C)NCC)o1. The second kappa shape index (κ2) is 9.09. The van der Waals surface area contributed by atoms with Gasteiger partial charge in [-0.15, -0.1) is 10.2 Å². The Morgan fingerprint density at radius 3 is 2.50 bits per heavy atom. The topological polar surface area (TPSA) is 51.0 Å². The summed E-state index contributed by atoms with van der Waals surface area (Å²) < 4.78 is 5.64. The highest BCUT2D eigenvalue weighted by molar-refractivity contribution is 4.88. The van der Waals surface area contributed by atoms with Crippen molar-refractivity contribution in [2.24, 2.45) is 0 Å². The average Bonchev–Trinajstić information content (AvgIpc) is 2.83. The van der Waals surface area contributed by atoms with Crippen LogP contribution in [0.1, 0.15) is 77.1 Å². The Labute approximate surface area is 111 Å². The predicted octanol–water partition coefficient (Wildman–Crippen LogP) is 3.64. The van der Waals surface area contributed by atoms with Crippen LogP contribution in [0.25, 0.3) is 0 Å². The number of hydrogen-bond acceptors (Lipinski definition) is 4. The van der Waals surface area contributed by atoms with Crippen molar-refractivity contribution in [3.05, 3.63) is 11.8 Å². The highest BCUT2D eigenvalue weighted by atomic mass is 16.4. The molecule has 1 N–H and O–H groups in total. The van der Waals surface area contributed by atoms with E-state index in [1.54, 1.807) is 0 Å². The van der Waals surface area contributed by atoms with Gasteiger partial charge in [0.1, 0.15) is 0 Å². The molecule has 1 atom stereocenters. The van der Waals surface area contributed by atoms with E-state index in [9.17, 15) is 0 Å². The van der Waals surface area contributed by atoms with E-state index in [4.69, 9.17) is 4.42 Å². The van der Waals surface area contributed by atoms with Crippen LogP contribution in [0, 0.1) is 0 Å². The average molecular weight is 253 g/mol. The van der Waals surface area contributed by atoms with Crippen LogP contribution >= 0.6 is 0 Å². The summed E-state index contributed by atoms with van der Waals surface area (Å²) >= 11 is 0. The third-order valence-corrected chi connectivity index (χ3v) is 3.11. The maximum absolute atomic E-state index is 5.64. The molecule has 1 heterocycles. The third kappa shape index (κ3) is 5.63. The zero-order valence-corrected chi connectivity index (χ0v) is 12.0. The molecule has 104 valence electrons. The van der Waals surface area contributed by atoms with Gasteiger partial charge in [0, 0.05) is 6.42 Å². The predicted molar refractivity (Wildman–Crippen MR) is 73.5 cm³/mol. The van der Waals surface area contributed by atoms with Crippen LogP contribution in [0.2, 0.25) is 0 Å². The van der Waals surface area contributed by atoms with Crippen molar-refractivity contribution in [2.75, 3.05) is 6.54 Å². The highest BCUT2D eigenvalue weighted by Gasteiger charge is 2.12. The molecule has 0 aromatic carbocycles. The van der Waals surface area contributed by atoms with Crippen molar-refractivity contribution < 1.29 is 4.42 Å². The van der Waals surface area contributed by atoms with E-state index in [1.807, 2.05) is 6.92 Å². The van der Waals surface area contributed by atoms with Crippen LogP contribution < -0.4 is 5.32 Å². The van der Waals surface area contributed by atoms with Crippen molar-refractivity contribution in [2.45, 2.75) is 71.8 Å². The van der Waals surface area contributed by atoms with E-state index >= 15 is 0 Å². The summed E-state index contributed by atoms with van der Waals surface area (Å²) in [4.78, 5) is 0. The first kappa shape index (κ1) is 15.2. The first-order valence-corrected chi connectivity index (χ1v) is 7.33. The second-order valence-corrected chi connectivity index (χ2v) is 4.83. The molecule has 0 aliphatic carbocycles. The van der Waals surface area contributed by atoms with Crippen LogP contribution in [-0.4, -0.2) is 16.7 Å². The zero-order chi connectivity index (χ0) is 13.2.